The van der Waals surface area contributed by atoms with E-state index in [-0.39, 0.29) is 18.4 Å². The van der Waals surface area contributed by atoms with Crippen molar-refractivity contribution in [1.82, 2.24) is 5.32 Å². The van der Waals surface area contributed by atoms with Crippen molar-refractivity contribution in [2.24, 2.45) is 17.8 Å². The number of carbonyl (C=O) groups is 1. The van der Waals surface area contributed by atoms with E-state index in [1.807, 2.05) is 13.8 Å². The van der Waals surface area contributed by atoms with E-state index in [2.05, 4.69) is 21.2 Å². The van der Waals surface area contributed by atoms with Gasteiger partial charge >= 0.3 is 6.18 Å². The smallest absolute Gasteiger partial charge is 0.353 e. The Hall–Kier alpha value is -0.260. The second-order valence-corrected chi connectivity index (χ2v) is 6.67. The third-order valence-corrected chi connectivity index (χ3v) is 4.53. The summed E-state index contributed by atoms with van der Waals surface area (Å²) in [5, 5.41) is 3.55. The van der Waals surface area contributed by atoms with Gasteiger partial charge in [-0.15, -0.1) is 0 Å². The predicted octanol–water partition coefficient (Wildman–Crippen LogP) is 4.28. The van der Waals surface area contributed by atoms with Crippen molar-refractivity contribution >= 4 is 21.8 Å². The van der Waals surface area contributed by atoms with Crippen LogP contribution in [0.5, 0.6) is 0 Å². The third kappa shape index (κ3) is 4.93. The summed E-state index contributed by atoms with van der Waals surface area (Å²) >= 11 is 3.32. The highest BCUT2D eigenvalue weighted by molar-refractivity contribution is 9.09. The largest absolute Gasteiger partial charge is 0.392 e. The summed E-state index contributed by atoms with van der Waals surface area (Å²) in [6.45, 7) is 3.94. The van der Waals surface area contributed by atoms with Crippen molar-refractivity contribution in [3.63, 3.8) is 0 Å². The van der Waals surface area contributed by atoms with Crippen LogP contribution in [0, 0.1) is 17.8 Å². The molecule has 6 heteroatoms. The minimum absolute atomic E-state index is 0.0716. The van der Waals surface area contributed by atoms with Crippen molar-refractivity contribution in [2.45, 2.75) is 58.2 Å². The van der Waals surface area contributed by atoms with Crippen LogP contribution >= 0.6 is 15.9 Å². The first-order valence-electron chi connectivity index (χ1n) is 7.20. The number of amides is 1. The van der Waals surface area contributed by atoms with Gasteiger partial charge in [0.05, 0.1) is 5.92 Å². The first kappa shape index (κ1) is 17.8. The van der Waals surface area contributed by atoms with Gasteiger partial charge in [0.25, 0.3) is 0 Å². The molecule has 1 amide bonds. The standard InChI is InChI=1S/C14H23BrF3NO/c1-9(2)12(7-8-15)19-13(20)10-5-3-4-6-11(10)14(16,17)18/h9-12H,3-8H2,1-2H3,(H,19,20). The molecular formula is C14H23BrF3NO. The monoisotopic (exact) mass is 357 g/mol. The lowest BCUT2D eigenvalue weighted by molar-refractivity contribution is -0.198. The first-order valence-corrected chi connectivity index (χ1v) is 8.32. The van der Waals surface area contributed by atoms with Crippen molar-refractivity contribution in [3.8, 4) is 0 Å². The van der Waals surface area contributed by atoms with E-state index in [9.17, 15) is 18.0 Å². The van der Waals surface area contributed by atoms with Crippen LogP contribution in [-0.2, 0) is 4.79 Å². The van der Waals surface area contributed by atoms with Crippen LogP contribution in [0.3, 0.4) is 0 Å². The van der Waals surface area contributed by atoms with E-state index in [4.69, 9.17) is 0 Å². The highest BCUT2D eigenvalue weighted by atomic mass is 79.9. The summed E-state index contributed by atoms with van der Waals surface area (Å²) in [5.74, 6) is -2.61. The Balaban J connectivity index is 2.72. The van der Waals surface area contributed by atoms with Crippen LogP contribution < -0.4 is 5.32 Å². The number of halogens is 4. The Morgan fingerprint density at radius 3 is 2.40 bits per heavy atom. The number of hydrogen-bond acceptors (Lipinski definition) is 1. The number of alkyl halides is 4. The lowest BCUT2D eigenvalue weighted by Gasteiger charge is -2.33. The minimum Gasteiger partial charge on any atom is -0.353 e. The second-order valence-electron chi connectivity index (χ2n) is 5.88. The molecule has 3 atom stereocenters. The van der Waals surface area contributed by atoms with Gasteiger partial charge in [0.2, 0.25) is 5.91 Å². The average molecular weight is 358 g/mol. The van der Waals surface area contributed by atoms with Gasteiger partial charge in [-0.25, -0.2) is 0 Å². The predicted molar refractivity (Wildman–Crippen MR) is 76.7 cm³/mol. The maximum absolute atomic E-state index is 13.0. The number of hydrogen-bond donors (Lipinski definition) is 1. The van der Waals surface area contributed by atoms with Crippen molar-refractivity contribution in [2.75, 3.05) is 5.33 Å². The van der Waals surface area contributed by atoms with Crippen LogP contribution in [0.4, 0.5) is 13.2 Å². The van der Waals surface area contributed by atoms with E-state index in [1.54, 1.807) is 0 Å². The zero-order chi connectivity index (χ0) is 15.3. The Bertz CT molecular complexity index is 320. The fraction of sp³-hybridized carbons (Fsp3) is 0.929. The molecule has 0 bridgehead atoms. The molecule has 0 aromatic heterocycles. The van der Waals surface area contributed by atoms with Gasteiger partial charge in [0, 0.05) is 17.3 Å². The Kier molecular flexibility index (Phi) is 6.82. The molecule has 118 valence electrons. The van der Waals surface area contributed by atoms with Crippen molar-refractivity contribution in [1.29, 1.82) is 0 Å². The fourth-order valence-electron chi connectivity index (χ4n) is 2.82. The summed E-state index contributed by atoms with van der Waals surface area (Å²) in [4.78, 5) is 12.2. The van der Waals surface area contributed by atoms with Gasteiger partial charge in [-0.1, -0.05) is 42.6 Å². The van der Waals surface area contributed by atoms with Crippen LogP contribution in [0.15, 0.2) is 0 Å². The molecule has 0 radical (unpaired) electrons. The van der Waals surface area contributed by atoms with Crippen LogP contribution in [0.2, 0.25) is 0 Å². The van der Waals surface area contributed by atoms with Gasteiger partial charge in [0.15, 0.2) is 0 Å². The highest BCUT2D eigenvalue weighted by Crippen LogP contribution is 2.41. The molecule has 1 aliphatic rings. The molecule has 1 rings (SSSR count). The molecule has 0 heterocycles. The lowest BCUT2D eigenvalue weighted by atomic mass is 9.78. The van der Waals surface area contributed by atoms with Crippen LogP contribution in [-0.4, -0.2) is 23.5 Å². The number of carbonyl (C=O) groups excluding carboxylic acids is 1. The molecule has 1 N–H and O–H groups in total. The molecule has 0 spiro atoms. The molecule has 1 saturated carbocycles. The van der Waals surface area contributed by atoms with E-state index in [0.29, 0.717) is 19.3 Å². The Labute approximate surface area is 127 Å². The number of rotatable bonds is 5. The van der Waals surface area contributed by atoms with Gasteiger partial charge in [-0.2, -0.15) is 13.2 Å². The van der Waals surface area contributed by atoms with E-state index in [1.165, 1.54) is 0 Å². The third-order valence-electron chi connectivity index (χ3n) is 4.08. The van der Waals surface area contributed by atoms with Gasteiger partial charge < -0.3 is 5.32 Å². The molecule has 1 fully saturated rings. The van der Waals surface area contributed by atoms with Crippen molar-refractivity contribution in [3.05, 3.63) is 0 Å². The van der Waals surface area contributed by atoms with Gasteiger partial charge in [0.1, 0.15) is 0 Å². The maximum atomic E-state index is 13.0. The molecule has 0 aromatic rings. The maximum Gasteiger partial charge on any atom is 0.392 e. The molecule has 2 nitrogen and oxygen atoms in total. The summed E-state index contributed by atoms with van der Waals surface area (Å²) in [6.07, 6.45) is -1.86. The van der Waals surface area contributed by atoms with Crippen molar-refractivity contribution < 1.29 is 18.0 Å². The van der Waals surface area contributed by atoms with Gasteiger partial charge in [-0.05, 0) is 25.2 Å². The van der Waals surface area contributed by atoms with E-state index < -0.39 is 23.9 Å². The summed E-state index contributed by atoms with van der Waals surface area (Å²) in [5.41, 5.74) is 0. The molecule has 0 saturated heterocycles. The molecule has 1 aliphatic carbocycles. The summed E-state index contributed by atoms with van der Waals surface area (Å²) in [7, 11) is 0. The van der Waals surface area contributed by atoms with E-state index >= 15 is 0 Å². The van der Waals surface area contributed by atoms with Crippen LogP contribution in [0.25, 0.3) is 0 Å². The topological polar surface area (TPSA) is 29.1 Å². The summed E-state index contributed by atoms with van der Waals surface area (Å²) < 4.78 is 39.0. The average Bonchev–Trinajstić information content (AvgIpc) is 2.37. The minimum atomic E-state index is -4.27. The quantitative estimate of drug-likeness (QED) is 0.731. The zero-order valence-corrected chi connectivity index (χ0v) is 13.6. The molecule has 0 aromatic carbocycles. The molecule has 3 unspecified atom stereocenters. The summed E-state index contributed by atoms with van der Waals surface area (Å²) in [6, 6.07) is -0.0716. The zero-order valence-electron chi connectivity index (χ0n) is 12.0. The van der Waals surface area contributed by atoms with E-state index in [0.717, 1.165) is 11.8 Å². The molecule has 20 heavy (non-hydrogen) atoms. The van der Waals surface area contributed by atoms with Crippen LogP contribution in [0.1, 0.15) is 46.0 Å². The normalized spacial score (nSPS) is 25.6. The molecule has 0 aliphatic heterocycles. The Morgan fingerprint density at radius 1 is 1.30 bits per heavy atom. The van der Waals surface area contributed by atoms with Gasteiger partial charge in [-0.3, -0.25) is 4.79 Å². The lowest BCUT2D eigenvalue weighted by Crippen LogP contribution is -2.47. The SMILES string of the molecule is CC(C)C(CCBr)NC(=O)C1CCCCC1C(F)(F)F. The highest BCUT2D eigenvalue weighted by Gasteiger charge is 2.48. The first-order chi connectivity index (χ1) is 9.27. The Morgan fingerprint density at radius 2 is 1.90 bits per heavy atom. The molecular weight excluding hydrogens is 335 g/mol. The second kappa shape index (κ2) is 7.66. The fourth-order valence-corrected chi connectivity index (χ4v) is 3.31. The number of nitrogens with one attached hydrogen (secondary N) is 1.